The number of furan rings is 1. The lowest BCUT2D eigenvalue weighted by molar-refractivity contribution is -0.133. The number of aliphatic hydroxyl groups excluding tert-OH is 1. The molecule has 1 heterocycles. The number of anilines is 1. The van der Waals surface area contributed by atoms with Gasteiger partial charge in [-0.25, -0.2) is 5.48 Å². The fourth-order valence-corrected chi connectivity index (χ4v) is 2.13. The second-order valence-electron chi connectivity index (χ2n) is 5.58. The Balaban J connectivity index is 1.96. The standard InChI is InChI=1S/C18H19N3O6/c1-11(22)16(18(25)21-26)20-17(24)12-4-6-13(7-5-12)19-15(23)9-8-14-3-2-10-27-14/h2-11,16,22,26H,1H3,(H,19,23)(H,20,24)(H,21,25)/b9-8+/t11-,16+/m1/s1. The number of hydrogen-bond acceptors (Lipinski definition) is 6. The Hall–Kier alpha value is -3.43. The number of hydrogen-bond donors (Lipinski definition) is 5. The van der Waals surface area contributed by atoms with Gasteiger partial charge in [0.15, 0.2) is 0 Å². The number of amides is 3. The molecule has 9 nitrogen and oxygen atoms in total. The SMILES string of the molecule is C[C@@H](O)[C@H](NC(=O)c1ccc(NC(=O)/C=C/c2ccco2)cc1)C(=O)NO. The van der Waals surface area contributed by atoms with Crippen molar-refractivity contribution in [2.24, 2.45) is 0 Å². The molecule has 0 aliphatic rings. The van der Waals surface area contributed by atoms with Gasteiger partial charge < -0.3 is 20.2 Å². The van der Waals surface area contributed by atoms with Crippen molar-refractivity contribution in [1.29, 1.82) is 0 Å². The average molecular weight is 373 g/mol. The van der Waals surface area contributed by atoms with Gasteiger partial charge in [-0.3, -0.25) is 19.6 Å². The van der Waals surface area contributed by atoms with Gasteiger partial charge in [-0.1, -0.05) is 0 Å². The molecule has 0 saturated heterocycles. The summed E-state index contributed by atoms with van der Waals surface area (Å²) >= 11 is 0. The maximum atomic E-state index is 12.2. The first kappa shape index (κ1) is 19.9. The average Bonchev–Trinajstić information content (AvgIpc) is 3.17. The van der Waals surface area contributed by atoms with Gasteiger partial charge >= 0.3 is 0 Å². The Morgan fingerprint density at radius 1 is 1.15 bits per heavy atom. The zero-order valence-electron chi connectivity index (χ0n) is 14.4. The first-order chi connectivity index (χ1) is 12.9. The highest BCUT2D eigenvalue weighted by Gasteiger charge is 2.25. The lowest BCUT2D eigenvalue weighted by Gasteiger charge is -2.19. The molecule has 142 valence electrons. The van der Waals surface area contributed by atoms with E-state index in [-0.39, 0.29) is 11.5 Å². The largest absolute Gasteiger partial charge is 0.465 e. The van der Waals surface area contributed by atoms with E-state index in [0.717, 1.165) is 0 Å². The molecule has 2 aromatic rings. The normalized spacial score (nSPS) is 13.0. The van der Waals surface area contributed by atoms with E-state index in [9.17, 15) is 19.5 Å². The van der Waals surface area contributed by atoms with Crippen LogP contribution < -0.4 is 16.1 Å². The smallest absolute Gasteiger partial charge is 0.268 e. The minimum absolute atomic E-state index is 0.204. The van der Waals surface area contributed by atoms with Crippen LogP contribution in [0, 0.1) is 0 Å². The van der Waals surface area contributed by atoms with Crippen LogP contribution in [0.2, 0.25) is 0 Å². The van der Waals surface area contributed by atoms with Gasteiger partial charge in [0.1, 0.15) is 11.8 Å². The summed E-state index contributed by atoms with van der Waals surface area (Å²) < 4.78 is 5.08. The van der Waals surface area contributed by atoms with Crippen LogP contribution in [0.1, 0.15) is 23.0 Å². The summed E-state index contributed by atoms with van der Waals surface area (Å²) in [4.78, 5) is 35.4. The highest BCUT2D eigenvalue weighted by molar-refractivity contribution is 6.02. The molecule has 1 aromatic carbocycles. The predicted octanol–water partition coefficient (Wildman–Crippen LogP) is 0.916. The number of hydroxylamine groups is 1. The van der Waals surface area contributed by atoms with E-state index in [1.165, 1.54) is 55.1 Å². The number of aliphatic hydroxyl groups is 1. The van der Waals surface area contributed by atoms with Crippen LogP contribution in [-0.4, -0.2) is 40.2 Å². The predicted molar refractivity (Wildman–Crippen MR) is 95.7 cm³/mol. The van der Waals surface area contributed by atoms with Gasteiger partial charge in [0.05, 0.1) is 12.4 Å². The molecule has 0 saturated carbocycles. The molecule has 0 radical (unpaired) electrons. The summed E-state index contributed by atoms with van der Waals surface area (Å²) in [7, 11) is 0. The molecule has 1 aromatic heterocycles. The van der Waals surface area contributed by atoms with Crippen LogP contribution in [0.15, 0.2) is 53.2 Å². The summed E-state index contributed by atoms with van der Waals surface area (Å²) in [6, 6.07) is 8.00. The van der Waals surface area contributed by atoms with Crippen molar-refractivity contribution in [3.8, 4) is 0 Å². The second-order valence-corrected chi connectivity index (χ2v) is 5.58. The molecule has 2 atom stereocenters. The van der Waals surface area contributed by atoms with Crippen molar-refractivity contribution in [1.82, 2.24) is 10.8 Å². The number of carbonyl (C=O) groups excluding carboxylic acids is 3. The summed E-state index contributed by atoms with van der Waals surface area (Å²) in [5.74, 6) is -1.40. The zero-order valence-corrected chi connectivity index (χ0v) is 14.4. The van der Waals surface area contributed by atoms with E-state index in [4.69, 9.17) is 9.62 Å². The van der Waals surface area contributed by atoms with Gasteiger partial charge in [-0.15, -0.1) is 0 Å². The van der Waals surface area contributed by atoms with Crippen LogP contribution >= 0.6 is 0 Å². The van der Waals surface area contributed by atoms with Crippen molar-refractivity contribution in [3.63, 3.8) is 0 Å². The molecule has 0 aliphatic heterocycles. The topological polar surface area (TPSA) is 141 Å². The van der Waals surface area contributed by atoms with Gasteiger partial charge in [-0.05, 0) is 49.4 Å². The molecule has 27 heavy (non-hydrogen) atoms. The monoisotopic (exact) mass is 373 g/mol. The fraction of sp³-hybridized carbons (Fsp3) is 0.167. The summed E-state index contributed by atoms with van der Waals surface area (Å²) in [5, 5.41) is 23.1. The van der Waals surface area contributed by atoms with Gasteiger partial charge in [-0.2, -0.15) is 0 Å². The zero-order chi connectivity index (χ0) is 19.8. The maximum absolute atomic E-state index is 12.2. The van der Waals surface area contributed by atoms with Crippen LogP contribution in [0.3, 0.4) is 0 Å². The molecule has 9 heteroatoms. The van der Waals surface area contributed by atoms with Crippen LogP contribution in [0.25, 0.3) is 6.08 Å². The summed E-state index contributed by atoms with van der Waals surface area (Å²) in [6.07, 6.45) is 3.11. The van der Waals surface area contributed by atoms with Crippen LogP contribution in [0.5, 0.6) is 0 Å². The molecule has 0 bridgehead atoms. The molecule has 5 N–H and O–H groups in total. The van der Waals surface area contributed by atoms with Crippen molar-refractivity contribution in [2.45, 2.75) is 19.1 Å². The third-order valence-corrected chi connectivity index (χ3v) is 3.52. The van der Waals surface area contributed by atoms with Crippen molar-refractivity contribution in [2.75, 3.05) is 5.32 Å². The van der Waals surface area contributed by atoms with E-state index >= 15 is 0 Å². The van der Waals surface area contributed by atoms with E-state index in [1.807, 2.05) is 0 Å². The number of benzene rings is 1. The number of nitrogens with one attached hydrogen (secondary N) is 3. The summed E-state index contributed by atoms with van der Waals surface area (Å²) in [6.45, 7) is 1.30. The lowest BCUT2D eigenvalue weighted by Crippen LogP contribution is -2.51. The van der Waals surface area contributed by atoms with E-state index in [2.05, 4.69) is 10.6 Å². The molecule has 3 amide bonds. The maximum Gasteiger partial charge on any atom is 0.268 e. The fourth-order valence-electron chi connectivity index (χ4n) is 2.13. The minimum atomic E-state index is -1.31. The molecule has 0 fully saturated rings. The highest BCUT2D eigenvalue weighted by Crippen LogP contribution is 2.11. The first-order valence-corrected chi connectivity index (χ1v) is 7.96. The third-order valence-electron chi connectivity index (χ3n) is 3.52. The highest BCUT2D eigenvalue weighted by atomic mass is 16.5. The minimum Gasteiger partial charge on any atom is -0.465 e. The van der Waals surface area contributed by atoms with E-state index in [0.29, 0.717) is 11.4 Å². The third kappa shape index (κ3) is 5.80. The quantitative estimate of drug-likeness (QED) is 0.278. The second kappa shape index (κ2) is 9.32. The van der Waals surface area contributed by atoms with Crippen LogP contribution in [-0.2, 0) is 9.59 Å². The Kier molecular flexibility index (Phi) is 6.86. The molecule has 0 unspecified atom stereocenters. The molecule has 0 spiro atoms. The van der Waals surface area contributed by atoms with Gasteiger partial charge in [0, 0.05) is 17.3 Å². The van der Waals surface area contributed by atoms with Crippen molar-refractivity contribution < 1.29 is 29.1 Å². The Bertz CT molecular complexity index is 812. The molecule has 2 rings (SSSR count). The number of rotatable bonds is 7. The van der Waals surface area contributed by atoms with E-state index in [1.54, 1.807) is 12.1 Å². The first-order valence-electron chi connectivity index (χ1n) is 7.96. The van der Waals surface area contributed by atoms with Gasteiger partial charge in [0.2, 0.25) is 5.91 Å². The molecular formula is C18H19N3O6. The summed E-state index contributed by atoms with van der Waals surface area (Å²) in [5.41, 5.74) is 2.04. The molecular weight excluding hydrogens is 354 g/mol. The van der Waals surface area contributed by atoms with E-state index < -0.39 is 24.0 Å². The lowest BCUT2D eigenvalue weighted by atomic mass is 10.1. The van der Waals surface area contributed by atoms with Crippen LogP contribution in [0.4, 0.5) is 5.69 Å². The number of carbonyl (C=O) groups is 3. The van der Waals surface area contributed by atoms with Crippen molar-refractivity contribution in [3.05, 3.63) is 60.1 Å². The Labute approximate surface area is 154 Å². The molecule has 0 aliphatic carbocycles. The van der Waals surface area contributed by atoms with Gasteiger partial charge in [0.25, 0.3) is 11.8 Å². The Morgan fingerprint density at radius 3 is 2.41 bits per heavy atom. The Morgan fingerprint density at radius 2 is 1.85 bits per heavy atom. The van der Waals surface area contributed by atoms with Crippen molar-refractivity contribution >= 4 is 29.5 Å².